The maximum atomic E-state index is 13.2. The Balaban J connectivity index is 1.81. The van der Waals surface area contributed by atoms with Gasteiger partial charge in [-0.25, -0.2) is 4.57 Å². The highest BCUT2D eigenvalue weighted by Crippen LogP contribution is 2.49. The second kappa shape index (κ2) is 9.42. The lowest BCUT2D eigenvalue weighted by Gasteiger charge is -2.19. The number of oxime groups is 1. The van der Waals surface area contributed by atoms with Crippen molar-refractivity contribution < 1.29 is 23.3 Å². The quantitative estimate of drug-likeness (QED) is 0.217. The number of para-hydroxylation sites is 2. The van der Waals surface area contributed by atoms with Crippen molar-refractivity contribution in [2.45, 2.75) is 0 Å². The lowest BCUT2D eigenvalue weighted by atomic mass is 10.1. The first-order valence-corrected chi connectivity index (χ1v) is 10.1. The van der Waals surface area contributed by atoms with Crippen molar-refractivity contribution in [2.75, 3.05) is 6.61 Å². The van der Waals surface area contributed by atoms with Crippen LogP contribution < -0.4 is 9.05 Å². The number of benzene rings is 3. The van der Waals surface area contributed by atoms with E-state index in [0.717, 1.165) is 0 Å². The molecule has 0 heterocycles. The van der Waals surface area contributed by atoms with Crippen LogP contribution in [0, 0.1) is 0 Å². The van der Waals surface area contributed by atoms with Crippen molar-refractivity contribution in [1.82, 2.24) is 0 Å². The van der Waals surface area contributed by atoms with Gasteiger partial charge in [0.15, 0.2) is 0 Å². The van der Waals surface area contributed by atoms with Gasteiger partial charge < -0.3 is 14.3 Å². The summed E-state index contributed by atoms with van der Waals surface area (Å²) in [5.41, 5.74) is 0.636. The average Bonchev–Trinajstić information content (AvgIpc) is 2.70. The van der Waals surface area contributed by atoms with Crippen LogP contribution in [0.25, 0.3) is 0 Å². The lowest BCUT2D eigenvalue weighted by molar-refractivity contribution is 0.231. The van der Waals surface area contributed by atoms with Crippen LogP contribution in [-0.4, -0.2) is 17.5 Å². The monoisotopic (exact) mass is 417 g/mol. The molecule has 3 rings (SSSR count). The van der Waals surface area contributed by atoms with Crippen molar-refractivity contribution in [3.8, 4) is 11.5 Å². The molecule has 144 valence electrons. The molecule has 0 aromatic heterocycles. The molecule has 0 bridgehead atoms. The fourth-order valence-electron chi connectivity index (χ4n) is 2.27. The molecule has 0 radical (unpaired) electrons. The Hall–Kier alpha value is -2.79. The Morgan fingerprint density at radius 1 is 0.893 bits per heavy atom. The van der Waals surface area contributed by atoms with Gasteiger partial charge in [0.1, 0.15) is 23.8 Å². The molecule has 8 heteroatoms. The van der Waals surface area contributed by atoms with Crippen LogP contribution in [0.3, 0.4) is 0 Å². The van der Waals surface area contributed by atoms with Gasteiger partial charge in [0.2, 0.25) is 0 Å². The number of rotatable bonds is 8. The van der Waals surface area contributed by atoms with E-state index >= 15 is 0 Å². The first kappa shape index (κ1) is 20.0. The summed E-state index contributed by atoms with van der Waals surface area (Å²) in [6, 6.07) is 23.7. The molecule has 3 aromatic rings. The second-order valence-electron chi connectivity index (χ2n) is 5.59. The fourth-order valence-corrected chi connectivity index (χ4v) is 3.64. The predicted octanol–water partition coefficient (Wildman–Crippen LogP) is 5.80. The third-order valence-electron chi connectivity index (χ3n) is 3.56. The van der Waals surface area contributed by atoms with E-state index in [1.165, 1.54) is 0 Å². The summed E-state index contributed by atoms with van der Waals surface area (Å²) in [5.74, 6) is 0.624. The normalized spacial score (nSPS) is 11.8. The zero-order valence-electron chi connectivity index (χ0n) is 14.6. The smallest absolute Gasteiger partial charge is 0.411 e. The number of halogens is 1. The van der Waals surface area contributed by atoms with E-state index in [1.54, 1.807) is 84.9 Å². The van der Waals surface area contributed by atoms with Crippen molar-refractivity contribution in [3.05, 3.63) is 95.5 Å². The van der Waals surface area contributed by atoms with Crippen LogP contribution in [0.5, 0.6) is 11.5 Å². The summed E-state index contributed by atoms with van der Waals surface area (Å²) in [4.78, 5) is 0. The molecule has 0 saturated heterocycles. The summed E-state index contributed by atoms with van der Waals surface area (Å²) in [5, 5.41) is 13.0. The van der Waals surface area contributed by atoms with Crippen LogP contribution in [0.15, 0.2) is 90.1 Å². The van der Waals surface area contributed by atoms with Gasteiger partial charge in [-0.05, 0) is 36.4 Å². The highest BCUT2D eigenvalue weighted by molar-refractivity contribution is 7.49. The van der Waals surface area contributed by atoms with Gasteiger partial charge in [0, 0.05) is 10.6 Å². The molecular formula is C20H17ClNO5P. The van der Waals surface area contributed by atoms with E-state index in [4.69, 9.17) is 25.2 Å². The fraction of sp³-hybridized carbons (Fsp3) is 0.0500. The minimum Gasteiger partial charge on any atom is -0.411 e. The van der Waals surface area contributed by atoms with E-state index in [2.05, 4.69) is 5.16 Å². The highest BCUT2D eigenvalue weighted by Gasteiger charge is 2.32. The minimum atomic E-state index is -4.09. The molecule has 0 unspecified atom stereocenters. The molecule has 0 atom stereocenters. The third kappa shape index (κ3) is 5.60. The van der Waals surface area contributed by atoms with Crippen LogP contribution in [0.2, 0.25) is 5.02 Å². The Kier molecular flexibility index (Phi) is 6.71. The molecule has 0 aliphatic carbocycles. The summed E-state index contributed by atoms with van der Waals surface area (Å²) in [7, 11) is -4.09. The van der Waals surface area contributed by atoms with Crippen LogP contribution in [-0.2, 0) is 9.09 Å². The number of phosphoric acid groups is 1. The van der Waals surface area contributed by atoms with E-state index in [0.29, 0.717) is 22.1 Å². The Labute approximate surface area is 167 Å². The number of hydrogen-bond acceptors (Lipinski definition) is 6. The van der Waals surface area contributed by atoms with Crippen molar-refractivity contribution in [1.29, 1.82) is 0 Å². The Morgan fingerprint density at radius 2 is 1.46 bits per heavy atom. The molecule has 0 spiro atoms. The molecule has 28 heavy (non-hydrogen) atoms. The van der Waals surface area contributed by atoms with Gasteiger partial charge in [-0.15, -0.1) is 0 Å². The first-order chi connectivity index (χ1) is 13.6. The lowest BCUT2D eigenvalue weighted by Crippen LogP contribution is -2.13. The SMILES string of the molecule is O=P(OCC(=NO)c1cccc(Cl)c1)(Oc1ccccc1)Oc1ccccc1. The second-order valence-corrected chi connectivity index (χ2v) is 7.54. The number of hydrogen-bond donors (Lipinski definition) is 1. The largest absolute Gasteiger partial charge is 0.587 e. The molecule has 0 aliphatic rings. The predicted molar refractivity (Wildman–Crippen MR) is 107 cm³/mol. The summed E-state index contributed by atoms with van der Waals surface area (Å²) in [6.45, 7) is -0.326. The van der Waals surface area contributed by atoms with Gasteiger partial charge >= 0.3 is 7.82 Å². The van der Waals surface area contributed by atoms with Gasteiger partial charge in [-0.1, -0.05) is 65.3 Å². The Morgan fingerprint density at radius 3 is 1.96 bits per heavy atom. The average molecular weight is 418 g/mol. The van der Waals surface area contributed by atoms with Crippen LogP contribution >= 0.6 is 19.4 Å². The van der Waals surface area contributed by atoms with Gasteiger partial charge in [0.25, 0.3) is 0 Å². The maximum absolute atomic E-state index is 13.2. The highest BCUT2D eigenvalue weighted by atomic mass is 35.5. The van der Waals surface area contributed by atoms with Gasteiger partial charge in [-0.2, -0.15) is 0 Å². The number of phosphoric ester groups is 1. The standard InChI is InChI=1S/C20H17ClNO5P/c21-17-9-7-8-16(14-17)20(22-23)15-25-28(24,26-18-10-3-1-4-11-18)27-19-12-5-2-6-13-19/h1-14,23H,15H2. The minimum absolute atomic E-state index is 0.121. The van der Waals surface area contributed by atoms with Crippen molar-refractivity contribution in [2.24, 2.45) is 5.16 Å². The maximum Gasteiger partial charge on any atom is 0.587 e. The summed E-state index contributed by atoms with van der Waals surface area (Å²) in [6.07, 6.45) is 0. The molecule has 1 N–H and O–H groups in total. The zero-order valence-corrected chi connectivity index (χ0v) is 16.3. The van der Waals surface area contributed by atoms with Crippen LogP contribution in [0.4, 0.5) is 0 Å². The molecule has 6 nitrogen and oxygen atoms in total. The van der Waals surface area contributed by atoms with Crippen LogP contribution in [0.1, 0.15) is 5.56 Å². The third-order valence-corrected chi connectivity index (χ3v) is 5.11. The molecule has 0 amide bonds. The zero-order chi connectivity index (χ0) is 19.8. The summed E-state index contributed by atoms with van der Waals surface area (Å²) >= 11 is 5.97. The molecule has 0 aliphatic heterocycles. The van der Waals surface area contributed by atoms with Crippen molar-refractivity contribution in [3.63, 3.8) is 0 Å². The van der Waals surface area contributed by atoms with Crippen molar-refractivity contribution >= 4 is 25.1 Å². The molecule has 0 saturated carbocycles. The molecular weight excluding hydrogens is 401 g/mol. The van der Waals surface area contributed by atoms with Gasteiger partial charge in [-0.3, -0.25) is 4.52 Å². The van der Waals surface area contributed by atoms with E-state index < -0.39 is 7.82 Å². The first-order valence-electron chi connectivity index (χ1n) is 8.29. The summed E-state index contributed by atoms with van der Waals surface area (Å²) < 4.78 is 29.7. The molecule has 3 aromatic carbocycles. The molecule has 0 fully saturated rings. The Bertz CT molecular complexity index is 937. The van der Waals surface area contributed by atoms with E-state index in [9.17, 15) is 9.77 Å². The van der Waals surface area contributed by atoms with E-state index in [-0.39, 0.29) is 12.3 Å². The number of nitrogens with zero attached hydrogens (tertiary/aromatic N) is 1. The van der Waals surface area contributed by atoms with E-state index in [1.807, 2.05) is 0 Å². The van der Waals surface area contributed by atoms with Gasteiger partial charge in [0.05, 0.1) is 0 Å². The topological polar surface area (TPSA) is 77.4 Å².